The Bertz CT molecular complexity index is 407. The molecule has 0 unspecified atom stereocenters. The molecule has 128 valence electrons. The van der Waals surface area contributed by atoms with Gasteiger partial charge < -0.3 is 14.8 Å². The zero-order valence-corrected chi connectivity index (χ0v) is 12.7. The van der Waals surface area contributed by atoms with Crippen molar-refractivity contribution in [3.8, 4) is 0 Å². The highest BCUT2D eigenvalue weighted by atomic mass is 19.4. The van der Waals surface area contributed by atoms with Crippen LogP contribution in [0.2, 0.25) is 0 Å². The molecule has 1 N–H and O–H groups in total. The third kappa shape index (κ3) is 9.19. The van der Waals surface area contributed by atoms with Gasteiger partial charge in [-0.1, -0.05) is 20.8 Å². The van der Waals surface area contributed by atoms with Gasteiger partial charge in [-0.05, 0) is 6.42 Å². The Labute approximate surface area is 126 Å². The second-order valence-electron chi connectivity index (χ2n) is 5.17. The van der Waals surface area contributed by atoms with Gasteiger partial charge in [-0.2, -0.15) is 13.2 Å². The number of alkyl halides is 3. The summed E-state index contributed by atoms with van der Waals surface area (Å²) in [6.45, 7) is 3.97. The van der Waals surface area contributed by atoms with Crippen LogP contribution in [0.4, 0.5) is 13.2 Å². The van der Waals surface area contributed by atoms with Gasteiger partial charge in [0.05, 0.1) is 13.0 Å². The van der Waals surface area contributed by atoms with Gasteiger partial charge in [0.2, 0.25) is 5.91 Å². The average molecular weight is 327 g/mol. The first kappa shape index (κ1) is 20.2. The van der Waals surface area contributed by atoms with E-state index in [9.17, 15) is 27.6 Å². The van der Waals surface area contributed by atoms with Crippen molar-refractivity contribution < 1.29 is 37.0 Å². The Morgan fingerprint density at radius 3 is 2.09 bits per heavy atom. The molecule has 0 radical (unpaired) electrons. The van der Waals surface area contributed by atoms with Crippen molar-refractivity contribution in [3.63, 3.8) is 0 Å². The summed E-state index contributed by atoms with van der Waals surface area (Å²) in [7, 11) is 0. The van der Waals surface area contributed by atoms with E-state index in [1.165, 1.54) is 0 Å². The van der Waals surface area contributed by atoms with Crippen LogP contribution in [0.3, 0.4) is 0 Å². The molecule has 0 saturated carbocycles. The predicted molar refractivity (Wildman–Crippen MR) is 69.4 cm³/mol. The van der Waals surface area contributed by atoms with Crippen LogP contribution >= 0.6 is 0 Å². The molecule has 0 aliphatic carbocycles. The maximum absolute atomic E-state index is 11.8. The number of carbonyl (C=O) groups excluding carboxylic acids is 3. The molecule has 0 rings (SSSR count). The Hall–Kier alpha value is -1.80. The van der Waals surface area contributed by atoms with Gasteiger partial charge in [0, 0.05) is 5.41 Å². The summed E-state index contributed by atoms with van der Waals surface area (Å²) in [5.74, 6) is -2.43. The molecule has 0 bridgehead atoms. The molecular formula is C13H20F3NO5. The number of nitrogens with one attached hydrogen (secondary N) is 1. The van der Waals surface area contributed by atoms with E-state index in [2.05, 4.69) is 14.8 Å². The minimum absolute atomic E-state index is 0.324. The van der Waals surface area contributed by atoms with E-state index in [0.717, 1.165) is 0 Å². The van der Waals surface area contributed by atoms with Gasteiger partial charge in [-0.15, -0.1) is 0 Å². The first-order valence-corrected chi connectivity index (χ1v) is 6.64. The van der Waals surface area contributed by atoms with E-state index >= 15 is 0 Å². The van der Waals surface area contributed by atoms with Crippen LogP contribution in [0.25, 0.3) is 0 Å². The molecule has 0 fully saturated rings. The van der Waals surface area contributed by atoms with Gasteiger partial charge in [0.1, 0.15) is 6.42 Å². The number of rotatable bonds is 8. The maximum atomic E-state index is 11.8. The second kappa shape index (κ2) is 8.60. The maximum Gasteiger partial charge on any atom is 0.392 e. The SMILES string of the molecule is CCC(C)(C)C(=O)NCOC(=O)CC(=O)OCCC(F)(F)F. The monoisotopic (exact) mass is 327 g/mol. The summed E-state index contributed by atoms with van der Waals surface area (Å²) in [5.41, 5.74) is -0.622. The fraction of sp³-hybridized carbons (Fsp3) is 0.769. The van der Waals surface area contributed by atoms with Crippen LogP contribution in [-0.2, 0) is 23.9 Å². The lowest BCUT2D eigenvalue weighted by atomic mass is 9.89. The zero-order valence-electron chi connectivity index (χ0n) is 12.7. The first-order valence-electron chi connectivity index (χ1n) is 6.64. The highest BCUT2D eigenvalue weighted by Crippen LogP contribution is 2.19. The highest BCUT2D eigenvalue weighted by molar-refractivity contribution is 5.91. The molecule has 0 spiro atoms. The van der Waals surface area contributed by atoms with Crippen molar-refractivity contribution in [3.05, 3.63) is 0 Å². The molecule has 0 saturated heterocycles. The van der Waals surface area contributed by atoms with Crippen LogP contribution < -0.4 is 5.32 Å². The molecule has 0 aromatic heterocycles. The van der Waals surface area contributed by atoms with Crippen LogP contribution in [0.15, 0.2) is 0 Å². The standard InChI is InChI=1S/C13H20F3NO5/c1-4-12(2,3)11(20)17-8-22-10(19)7-9(18)21-6-5-13(14,15)16/h4-8H2,1-3H3,(H,17,20). The normalized spacial score (nSPS) is 11.7. The molecule has 0 aliphatic heterocycles. The zero-order chi connectivity index (χ0) is 17.4. The second-order valence-corrected chi connectivity index (χ2v) is 5.17. The summed E-state index contributed by atoms with van der Waals surface area (Å²) in [4.78, 5) is 33.9. The Balaban J connectivity index is 3.91. The number of ether oxygens (including phenoxy) is 2. The van der Waals surface area contributed by atoms with Gasteiger partial charge in [0.15, 0.2) is 6.73 Å². The summed E-state index contributed by atoms with van der Waals surface area (Å²) in [6, 6.07) is 0. The number of carbonyl (C=O) groups is 3. The predicted octanol–water partition coefficient (Wildman–Crippen LogP) is 1.93. The summed E-state index contributed by atoms with van der Waals surface area (Å²) in [5, 5.41) is 2.36. The lowest BCUT2D eigenvalue weighted by Crippen LogP contribution is -2.38. The molecule has 0 heterocycles. The van der Waals surface area contributed by atoms with Crippen LogP contribution in [0.1, 0.15) is 40.0 Å². The van der Waals surface area contributed by atoms with Crippen molar-refractivity contribution in [1.82, 2.24) is 5.32 Å². The van der Waals surface area contributed by atoms with Gasteiger partial charge in [-0.25, -0.2) is 0 Å². The quantitative estimate of drug-likeness (QED) is 0.418. The fourth-order valence-corrected chi connectivity index (χ4v) is 1.08. The number of hydrogen-bond donors (Lipinski definition) is 1. The van der Waals surface area contributed by atoms with Crippen molar-refractivity contribution in [1.29, 1.82) is 0 Å². The number of halogens is 3. The van der Waals surface area contributed by atoms with Crippen LogP contribution in [0, 0.1) is 5.41 Å². The van der Waals surface area contributed by atoms with E-state index in [1.807, 2.05) is 6.92 Å². The lowest BCUT2D eigenvalue weighted by Gasteiger charge is -2.21. The molecule has 22 heavy (non-hydrogen) atoms. The first-order chi connectivity index (χ1) is 9.98. The Kier molecular flexibility index (Phi) is 7.89. The molecule has 6 nitrogen and oxygen atoms in total. The number of amides is 1. The van der Waals surface area contributed by atoms with Crippen molar-refractivity contribution in [2.45, 2.75) is 46.2 Å². The Morgan fingerprint density at radius 1 is 1.05 bits per heavy atom. The minimum atomic E-state index is -4.43. The number of hydrogen-bond acceptors (Lipinski definition) is 5. The van der Waals surface area contributed by atoms with E-state index in [-0.39, 0.29) is 5.91 Å². The summed E-state index contributed by atoms with van der Waals surface area (Å²) in [6.07, 6.45) is -5.95. The molecule has 0 atom stereocenters. The smallest absolute Gasteiger partial charge is 0.392 e. The molecular weight excluding hydrogens is 307 g/mol. The minimum Gasteiger partial charge on any atom is -0.465 e. The highest BCUT2D eigenvalue weighted by Gasteiger charge is 2.28. The van der Waals surface area contributed by atoms with Gasteiger partial charge >= 0.3 is 18.1 Å². The third-order valence-corrected chi connectivity index (χ3v) is 2.90. The molecule has 0 aromatic carbocycles. The third-order valence-electron chi connectivity index (χ3n) is 2.90. The number of esters is 2. The molecule has 0 aliphatic rings. The molecule has 1 amide bonds. The van der Waals surface area contributed by atoms with Crippen LogP contribution in [-0.4, -0.2) is 37.4 Å². The van der Waals surface area contributed by atoms with Gasteiger partial charge in [0.25, 0.3) is 0 Å². The van der Waals surface area contributed by atoms with E-state index < -0.39 is 49.7 Å². The summed E-state index contributed by atoms with van der Waals surface area (Å²) >= 11 is 0. The van der Waals surface area contributed by atoms with E-state index in [1.54, 1.807) is 13.8 Å². The van der Waals surface area contributed by atoms with Crippen LogP contribution in [0.5, 0.6) is 0 Å². The largest absolute Gasteiger partial charge is 0.465 e. The lowest BCUT2D eigenvalue weighted by molar-refractivity contribution is -0.162. The van der Waals surface area contributed by atoms with Crippen molar-refractivity contribution >= 4 is 17.8 Å². The van der Waals surface area contributed by atoms with Crippen molar-refractivity contribution in [2.24, 2.45) is 5.41 Å². The molecule has 9 heteroatoms. The topological polar surface area (TPSA) is 81.7 Å². The Morgan fingerprint density at radius 2 is 1.59 bits per heavy atom. The molecule has 0 aromatic rings. The van der Waals surface area contributed by atoms with Crippen molar-refractivity contribution in [2.75, 3.05) is 13.3 Å². The fourth-order valence-electron chi connectivity index (χ4n) is 1.08. The van der Waals surface area contributed by atoms with E-state index in [4.69, 9.17) is 0 Å². The average Bonchev–Trinajstić information content (AvgIpc) is 2.36. The van der Waals surface area contributed by atoms with Gasteiger partial charge in [-0.3, -0.25) is 14.4 Å². The van der Waals surface area contributed by atoms with E-state index in [0.29, 0.717) is 6.42 Å². The summed E-state index contributed by atoms with van der Waals surface area (Å²) < 4.78 is 44.3.